The van der Waals surface area contributed by atoms with Crippen LogP contribution in [0, 0.1) is 11.7 Å². The van der Waals surface area contributed by atoms with Gasteiger partial charge in [-0.2, -0.15) is 0 Å². The Labute approximate surface area is 127 Å². The monoisotopic (exact) mass is 342 g/mol. The zero-order chi connectivity index (χ0) is 14.5. The zero-order valence-corrected chi connectivity index (χ0v) is 13.2. The van der Waals surface area contributed by atoms with E-state index in [2.05, 4.69) is 21.2 Å². The molecule has 0 atom stereocenters. The summed E-state index contributed by atoms with van der Waals surface area (Å²) < 4.78 is 13.9. The Balaban J connectivity index is 2.05. The third kappa shape index (κ3) is 3.79. The Morgan fingerprint density at radius 3 is 2.75 bits per heavy atom. The van der Waals surface area contributed by atoms with E-state index in [9.17, 15) is 9.18 Å². The highest BCUT2D eigenvalue weighted by Gasteiger charge is 2.21. The second-order valence-electron chi connectivity index (χ2n) is 5.17. The molecule has 0 aromatic heterocycles. The Kier molecular flexibility index (Phi) is 5.54. The molecule has 2 rings (SSSR count). The summed E-state index contributed by atoms with van der Waals surface area (Å²) in [6, 6.07) is 4.55. The molecule has 20 heavy (non-hydrogen) atoms. The minimum absolute atomic E-state index is 0.0857. The Morgan fingerprint density at radius 1 is 1.45 bits per heavy atom. The van der Waals surface area contributed by atoms with Gasteiger partial charge in [-0.15, -0.1) is 0 Å². The molecule has 0 saturated carbocycles. The number of nitrogens with one attached hydrogen (secondary N) is 1. The first kappa shape index (κ1) is 15.4. The van der Waals surface area contributed by atoms with Crippen molar-refractivity contribution in [2.24, 2.45) is 5.92 Å². The fourth-order valence-corrected chi connectivity index (χ4v) is 2.79. The van der Waals surface area contributed by atoms with Gasteiger partial charge in [0.05, 0.1) is 4.47 Å². The van der Waals surface area contributed by atoms with E-state index in [0.717, 1.165) is 32.5 Å². The van der Waals surface area contributed by atoms with E-state index in [1.807, 2.05) is 11.8 Å². The first-order chi connectivity index (χ1) is 9.61. The summed E-state index contributed by atoms with van der Waals surface area (Å²) in [5, 5.41) is 3.32. The molecule has 1 saturated heterocycles. The van der Waals surface area contributed by atoms with Crippen LogP contribution in [-0.2, 0) is 0 Å². The predicted octanol–water partition coefficient (Wildman–Crippen LogP) is 3.05. The average molecular weight is 343 g/mol. The normalized spacial score (nSPS) is 16.1. The van der Waals surface area contributed by atoms with Crippen molar-refractivity contribution in [1.29, 1.82) is 0 Å². The smallest absolute Gasteiger partial charge is 0.253 e. The van der Waals surface area contributed by atoms with E-state index in [-0.39, 0.29) is 5.91 Å². The van der Waals surface area contributed by atoms with Gasteiger partial charge in [-0.05, 0) is 72.9 Å². The van der Waals surface area contributed by atoms with Gasteiger partial charge in [0, 0.05) is 18.7 Å². The average Bonchev–Trinajstić information content (AvgIpc) is 2.48. The van der Waals surface area contributed by atoms with Crippen molar-refractivity contribution in [2.75, 3.05) is 26.2 Å². The second-order valence-corrected chi connectivity index (χ2v) is 6.02. The predicted molar refractivity (Wildman–Crippen MR) is 81.3 cm³/mol. The highest BCUT2D eigenvalue weighted by molar-refractivity contribution is 9.10. The number of carbonyl (C=O) groups excluding carboxylic acids is 1. The molecule has 0 unspecified atom stereocenters. The molecule has 1 aliphatic heterocycles. The van der Waals surface area contributed by atoms with Gasteiger partial charge in [-0.1, -0.05) is 0 Å². The molecule has 1 aromatic rings. The van der Waals surface area contributed by atoms with Gasteiger partial charge >= 0.3 is 0 Å². The molecular weight excluding hydrogens is 323 g/mol. The number of rotatable bonds is 4. The lowest BCUT2D eigenvalue weighted by molar-refractivity contribution is 0.0726. The van der Waals surface area contributed by atoms with E-state index < -0.39 is 5.82 Å². The van der Waals surface area contributed by atoms with Crippen LogP contribution in [-0.4, -0.2) is 37.0 Å². The Morgan fingerprint density at radius 2 is 2.15 bits per heavy atom. The maximum absolute atomic E-state index is 13.5. The minimum atomic E-state index is -0.395. The maximum Gasteiger partial charge on any atom is 0.253 e. The summed E-state index contributed by atoms with van der Waals surface area (Å²) >= 11 is 3.11. The van der Waals surface area contributed by atoms with E-state index >= 15 is 0 Å². The molecular formula is C15H20BrFN2O. The summed E-state index contributed by atoms with van der Waals surface area (Å²) in [6.45, 7) is 5.41. The molecule has 1 aliphatic rings. The first-order valence-electron chi connectivity index (χ1n) is 7.07. The zero-order valence-electron chi connectivity index (χ0n) is 11.7. The van der Waals surface area contributed by atoms with Crippen molar-refractivity contribution in [1.82, 2.24) is 10.2 Å². The number of benzene rings is 1. The summed E-state index contributed by atoms with van der Waals surface area (Å²) in [5.41, 5.74) is 0.418. The summed E-state index contributed by atoms with van der Waals surface area (Å²) in [7, 11) is 0. The molecule has 1 N–H and O–H groups in total. The molecule has 5 heteroatoms. The molecule has 1 fully saturated rings. The Hall–Kier alpha value is -0.940. The number of nitrogens with zero attached hydrogens (tertiary/aromatic N) is 1. The van der Waals surface area contributed by atoms with E-state index in [1.54, 1.807) is 12.1 Å². The van der Waals surface area contributed by atoms with Crippen LogP contribution in [0.4, 0.5) is 4.39 Å². The highest BCUT2D eigenvalue weighted by Crippen LogP contribution is 2.19. The largest absolute Gasteiger partial charge is 0.339 e. The number of hydrogen-bond donors (Lipinski definition) is 1. The lowest BCUT2D eigenvalue weighted by Gasteiger charge is -2.29. The van der Waals surface area contributed by atoms with Gasteiger partial charge in [0.15, 0.2) is 0 Å². The second kappa shape index (κ2) is 7.18. The maximum atomic E-state index is 13.5. The van der Waals surface area contributed by atoms with Crippen LogP contribution >= 0.6 is 15.9 Å². The standard InChI is InChI=1S/C15H20BrFN2O/c1-2-19(10-11-5-7-18-8-6-11)15(20)12-3-4-13(16)14(17)9-12/h3-4,9,11,18H,2,5-8,10H2,1H3. The molecule has 110 valence electrons. The van der Waals surface area contributed by atoms with Crippen LogP contribution in [0.15, 0.2) is 22.7 Å². The van der Waals surface area contributed by atoms with Gasteiger partial charge in [0.2, 0.25) is 0 Å². The quantitative estimate of drug-likeness (QED) is 0.911. The summed E-state index contributed by atoms with van der Waals surface area (Å²) in [5.74, 6) is 0.0617. The van der Waals surface area contributed by atoms with E-state index in [4.69, 9.17) is 0 Å². The van der Waals surface area contributed by atoms with Gasteiger partial charge < -0.3 is 10.2 Å². The van der Waals surface area contributed by atoms with Crippen molar-refractivity contribution >= 4 is 21.8 Å². The van der Waals surface area contributed by atoms with Crippen LogP contribution in [0.2, 0.25) is 0 Å². The van der Waals surface area contributed by atoms with Crippen LogP contribution in [0.3, 0.4) is 0 Å². The van der Waals surface area contributed by atoms with Crippen molar-refractivity contribution in [3.63, 3.8) is 0 Å². The first-order valence-corrected chi connectivity index (χ1v) is 7.86. The SMILES string of the molecule is CCN(CC1CCNCC1)C(=O)c1ccc(Br)c(F)c1. The third-order valence-electron chi connectivity index (χ3n) is 3.77. The van der Waals surface area contributed by atoms with Crippen molar-refractivity contribution in [3.05, 3.63) is 34.1 Å². The van der Waals surface area contributed by atoms with E-state index in [0.29, 0.717) is 22.5 Å². The van der Waals surface area contributed by atoms with E-state index in [1.165, 1.54) is 6.07 Å². The molecule has 0 radical (unpaired) electrons. The minimum Gasteiger partial charge on any atom is -0.339 e. The van der Waals surface area contributed by atoms with Gasteiger partial charge in [-0.25, -0.2) is 4.39 Å². The van der Waals surface area contributed by atoms with Gasteiger partial charge in [-0.3, -0.25) is 4.79 Å². The fourth-order valence-electron chi connectivity index (χ4n) is 2.54. The number of halogens is 2. The van der Waals surface area contributed by atoms with Crippen LogP contribution in [0.5, 0.6) is 0 Å². The summed E-state index contributed by atoms with van der Waals surface area (Å²) in [4.78, 5) is 14.3. The number of carbonyl (C=O) groups is 1. The number of hydrogen-bond acceptors (Lipinski definition) is 2. The number of amides is 1. The van der Waals surface area contributed by atoms with Crippen LogP contribution in [0.25, 0.3) is 0 Å². The van der Waals surface area contributed by atoms with Crippen molar-refractivity contribution in [2.45, 2.75) is 19.8 Å². The topological polar surface area (TPSA) is 32.3 Å². The molecule has 1 aromatic carbocycles. The van der Waals surface area contributed by atoms with Crippen LogP contribution < -0.4 is 5.32 Å². The molecule has 3 nitrogen and oxygen atoms in total. The number of piperidine rings is 1. The Bertz CT molecular complexity index is 475. The highest BCUT2D eigenvalue weighted by atomic mass is 79.9. The van der Waals surface area contributed by atoms with Gasteiger partial charge in [0.1, 0.15) is 5.82 Å². The lowest BCUT2D eigenvalue weighted by Crippen LogP contribution is -2.39. The third-order valence-corrected chi connectivity index (χ3v) is 4.42. The van der Waals surface area contributed by atoms with Crippen molar-refractivity contribution < 1.29 is 9.18 Å². The molecule has 1 amide bonds. The molecule has 0 bridgehead atoms. The molecule has 1 heterocycles. The fraction of sp³-hybridized carbons (Fsp3) is 0.533. The molecule has 0 aliphatic carbocycles. The summed E-state index contributed by atoms with van der Waals surface area (Å²) in [6.07, 6.45) is 2.19. The van der Waals surface area contributed by atoms with Gasteiger partial charge in [0.25, 0.3) is 5.91 Å². The van der Waals surface area contributed by atoms with Crippen LogP contribution in [0.1, 0.15) is 30.1 Å². The lowest BCUT2D eigenvalue weighted by atomic mass is 9.97. The molecule has 0 spiro atoms. The van der Waals surface area contributed by atoms with Crippen molar-refractivity contribution in [3.8, 4) is 0 Å².